The molecule has 0 aliphatic heterocycles. The summed E-state index contributed by atoms with van der Waals surface area (Å²) in [5.41, 5.74) is 6.60. The number of ether oxygens (including phenoxy) is 1. The molecule has 0 saturated heterocycles. The number of benzene rings is 1. The molecule has 0 bridgehead atoms. The van der Waals surface area contributed by atoms with Gasteiger partial charge in [0.05, 0.1) is 19.1 Å². The number of nitrogens with two attached hydrogens (primary N) is 1. The SMILES string of the molecule is COc1cc(N)ccc1C(=O)N(CCC(=O)O)C1CC1. The zero-order valence-electron chi connectivity index (χ0n) is 11.3. The molecule has 1 aliphatic rings. The van der Waals surface area contributed by atoms with E-state index >= 15 is 0 Å². The van der Waals surface area contributed by atoms with Crippen molar-refractivity contribution in [2.75, 3.05) is 19.4 Å². The monoisotopic (exact) mass is 278 g/mol. The summed E-state index contributed by atoms with van der Waals surface area (Å²) in [6.07, 6.45) is 1.78. The first-order chi connectivity index (χ1) is 9.52. The topological polar surface area (TPSA) is 92.9 Å². The summed E-state index contributed by atoms with van der Waals surface area (Å²) in [5.74, 6) is -0.700. The van der Waals surface area contributed by atoms with Crippen LogP contribution in [-0.2, 0) is 4.79 Å². The second-order valence-electron chi connectivity index (χ2n) is 4.83. The number of carboxylic acids is 1. The van der Waals surface area contributed by atoms with Crippen molar-refractivity contribution < 1.29 is 19.4 Å². The van der Waals surface area contributed by atoms with Gasteiger partial charge in [0.25, 0.3) is 5.91 Å². The number of carbonyl (C=O) groups excluding carboxylic acids is 1. The summed E-state index contributed by atoms with van der Waals surface area (Å²) in [5, 5.41) is 8.77. The molecule has 1 aliphatic carbocycles. The lowest BCUT2D eigenvalue weighted by Crippen LogP contribution is -2.35. The summed E-state index contributed by atoms with van der Waals surface area (Å²) >= 11 is 0. The van der Waals surface area contributed by atoms with Crippen molar-refractivity contribution >= 4 is 17.6 Å². The average molecular weight is 278 g/mol. The normalized spacial score (nSPS) is 13.8. The first-order valence-electron chi connectivity index (χ1n) is 6.49. The predicted molar refractivity (Wildman–Crippen MR) is 73.7 cm³/mol. The van der Waals surface area contributed by atoms with Gasteiger partial charge in [0.15, 0.2) is 0 Å². The van der Waals surface area contributed by atoms with Crippen molar-refractivity contribution in [3.8, 4) is 5.75 Å². The largest absolute Gasteiger partial charge is 0.496 e. The van der Waals surface area contributed by atoms with Gasteiger partial charge < -0.3 is 20.5 Å². The van der Waals surface area contributed by atoms with Gasteiger partial charge in [0.2, 0.25) is 0 Å². The molecule has 1 aromatic carbocycles. The van der Waals surface area contributed by atoms with Crippen molar-refractivity contribution in [3.05, 3.63) is 23.8 Å². The van der Waals surface area contributed by atoms with Crippen LogP contribution in [0.2, 0.25) is 0 Å². The Morgan fingerprint density at radius 1 is 1.45 bits per heavy atom. The number of amides is 1. The number of hydrogen-bond donors (Lipinski definition) is 2. The maximum Gasteiger partial charge on any atom is 0.305 e. The second-order valence-corrected chi connectivity index (χ2v) is 4.83. The molecule has 1 fully saturated rings. The van der Waals surface area contributed by atoms with E-state index in [1.165, 1.54) is 7.11 Å². The summed E-state index contributed by atoms with van der Waals surface area (Å²) in [6, 6.07) is 4.99. The second kappa shape index (κ2) is 5.81. The van der Waals surface area contributed by atoms with Crippen molar-refractivity contribution in [3.63, 3.8) is 0 Å². The molecule has 1 aromatic rings. The van der Waals surface area contributed by atoms with E-state index in [9.17, 15) is 9.59 Å². The smallest absolute Gasteiger partial charge is 0.305 e. The van der Waals surface area contributed by atoms with Gasteiger partial charge in [0, 0.05) is 24.3 Å². The van der Waals surface area contributed by atoms with E-state index in [0.29, 0.717) is 17.0 Å². The molecule has 0 unspecified atom stereocenters. The fraction of sp³-hybridized carbons (Fsp3) is 0.429. The highest BCUT2D eigenvalue weighted by atomic mass is 16.5. The molecule has 6 heteroatoms. The fourth-order valence-electron chi connectivity index (χ4n) is 2.09. The van der Waals surface area contributed by atoms with Crippen LogP contribution in [0, 0.1) is 0 Å². The van der Waals surface area contributed by atoms with Crippen molar-refractivity contribution in [2.45, 2.75) is 25.3 Å². The van der Waals surface area contributed by atoms with E-state index in [0.717, 1.165) is 12.8 Å². The Kier molecular flexibility index (Phi) is 4.12. The molecule has 2 rings (SSSR count). The minimum atomic E-state index is -0.910. The quantitative estimate of drug-likeness (QED) is 0.766. The number of carbonyl (C=O) groups is 2. The minimum absolute atomic E-state index is 0.0560. The Balaban J connectivity index is 2.20. The molecule has 3 N–H and O–H groups in total. The Labute approximate surface area is 117 Å². The van der Waals surface area contributed by atoms with Crippen molar-refractivity contribution in [2.24, 2.45) is 0 Å². The zero-order chi connectivity index (χ0) is 14.7. The van der Waals surface area contributed by atoms with Gasteiger partial charge in [0.1, 0.15) is 5.75 Å². The highest BCUT2D eigenvalue weighted by Gasteiger charge is 2.34. The van der Waals surface area contributed by atoms with Crippen LogP contribution in [-0.4, -0.2) is 41.6 Å². The number of hydrogen-bond acceptors (Lipinski definition) is 4. The third kappa shape index (κ3) is 3.20. The Hall–Kier alpha value is -2.24. The number of anilines is 1. The van der Waals surface area contributed by atoms with E-state index in [-0.39, 0.29) is 24.9 Å². The number of aliphatic carboxylic acids is 1. The van der Waals surface area contributed by atoms with Gasteiger partial charge in [-0.3, -0.25) is 9.59 Å². The van der Waals surface area contributed by atoms with E-state index in [2.05, 4.69) is 0 Å². The standard InChI is InChI=1S/C14H18N2O4/c1-20-12-8-9(15)2-5-11(12)14(19)16(10-3-4-10)7-6-13(17)18/h2,5,8,10H,3-4,6-7,15H2,1H3,(H,17,18). The number of nitrogens with zero attached hydrogens (tertiary/aromatic N) is 1. The summed E-state index contributed by atoms with van der Waals surface area (Å²) in [7, 11) is 1.48. The van der Waals surface area contributed by atoms with E-state index in [1.54, 1.807) is 23.1 Å². The van der Waals surface area contributed by atoms with Gasteiger partial charge >= 0.3 is 5.97 Å². The maximum atomic E-state index is 12.5. The third-order valence-corrected chi connectivity index (χ3v) is 3.27. The highest BCUT2D eigenvalue weighted by Crippen LogP contribution is 2.31. The maximum absolute atomic E-state index is 12.5. The highest BCUT2D eigenvalue weighted by molar-refractivity contribution is 5.98. The Morgan fingerprint density at radius 3 is 2.70 bits per heavy atom. The van der Waals surface area contributed by atoms with Crippen LogP contribution >= 0.6 is 0 Å². The van der Waals surface area contributed by atoms with Crippen LogP contribution < -0.4 is 10.5 Å². The van der Waals surface area contributed by atoms with Crippen molar-refractivity contribution in [1.29, 1.82) is 0 Å². The van der Waals surface area contributed by atoms with Crippen LogP contribution in [0.5, 0.6) is 5.75 Å². The molecular formula is C14H18N2O4. The van der Waals surface area contributed by atoms with Crippen LogP contribution in [0.25, 0.3) is 0 Å². The lowest BCUT2D eigenvalue weighted by atomic mass is 10.1. The Bertz CT molecular complexity index is 526. The molecule has 0 heterocycles. The summed E-state index contributed by atoms with van der Waals surface area (Å²) in [6.45, 7) is 0.215. The number of methoxy groups -OCH3 is 1. The number of rotatable bonds is 6. The molecule has 1 saturated carbocycles. The first-order valence-corrected chi connectivity index (χ1v) is 6.49. The van der Waals surface area contributed by atoms with Gasteiger partial charge in [-0.25, -0.2) is 0 Å². The van der Waals surface area contributed by atoms with Crippen LogP contribution in [0.15, 0.2) is 18.2 Å². The zero-order valence-corrected chi connectivity index (χ0v) is 11.3. The molecular weight excluding hydrogens is 260 g/mol. The predicted octanol–water partition coefficient (Wildman–Crippen LogP) is 1.36. The molecule has 6 nitrogen and oxygen atoms in total. The summed E-state index contributed by atoms with van der Waals surface area (Å²) in [4.78, 5) is 24.8. The van der Waals surface area contributed by atoms with Crippen LogP contribution in [0.1, 0.15) is 29.6 Å². The molecule has 0 atom stereocenters. The van der Waals surface area contributed by atoms with E-state index in [1.807, 2.05) is 0 Å². The van der Waals surface area contributed by atoms with Crippen LogP contribution in [0.3, 0.4) is 0 Å². The molecule has 20 heavy (non-hydrogen) atoms. The lowest BCUT2D eigenvalue weighted by Gasteiger charge is -2.22. The lowest BCUT2D eigenvalue weighted by molar-refractivity contribution is -0.137. The first kappa shape index (κ1) is 14.2. The molecule has 0 radical (unpaired) electrons. The van der Waals surface area contributed by atoms with Gasteiger partial charge in [-0.15, -0.1) is 0 Å². The van der Waals surface area contributed by atoms with Crippen LogP contribution in [0.4, 0.5) is 5.69 Å². The average Bonchev–Trinajstić information content (AvgIpc) is 3.22. The van der Waals surface area contributed by atoms with Gasteiger partial charge in [-0.1, -0.05) is 0 Å². The fourth-order valence-corrected chi connectivity index (χ4v) is 2.09. The molecule has 0 spiro atoms. The Morgan fingerprint density at radius 2 is 2.15 bits per heavy atom. The molecule has 108 valence electrons. The molecule has 0 aromatic heterocycles. The third-order valence-electron chi connectivity index (χ3n) is 3.27. The van der Waals surface area contributed by atoms with Crippen molar-refractivity contribution in [1.82, 2.24) is 4.90 Å². The minimum Gasteiger partial charge on any atom is -0.496 e. The number of nitrogen functional groups attached to an aromatic ring is 1. The number of carboxylic acid groups (broad SMARTS) is 1. The molecule has 1 amide bonds. The van der Waals surface area contributed by atoms with Gasteiger partial charge in [-0.2, -0.15) is 0 Å². The van der Waals surface area contributed by atoms with Gasteiger partial charge in [-0.05, 0) is 25.0 Å². The van der Waals surface area contributed by atoms with E-state index in [4.69, 9.17) is 15.6 Å². The van der Waals surface area contributed by atoms with E-state index < -0.39 is 5.97 Å². The summed E-state index contributed by atoms with van der Waals surface area (Å²) < 4.78 is 5.18.